The minimum absolute atomic E-state index is 0.0153. The van der Waals surface area contributed by atoms with Crippen LogP contribution >= 0.6 is 11.6 Å². The number of alkyl carbamates (subject to hydrolysis) is 1. The van der Waals surface area contributed by atoms with Gasteiger partial charge >= 0.3 is 6.09 Å². The molecule has 1 aliphatic carbocycles. The van der Waals surface area contributed by atoms with Crippen LogP contribution in [0.15, 0.2) is 18.2 Å². The van der Waals surface area contributed by atoms with E-state index >= 15 is 0 Å². The number of nitrogens with one attached hydrogen (secondary N) is 2. The Kier molecular flexibility index (Phi) is 6.10. The third-order valence-electron chi connectivity index (χ3n) is 4.11. The summed E-state index contributed by atoms with van der Waals surface area (Å²) >= 11 is 6.13. The van der Waals surface area contributed by atoms with E-state index < -0.39 is 11.7 Å². The van der Waals surface area contributed by atoms with Crippen LogP contribution in [0.4, 0.5) is 9.18 Å². The lowest BCUT2D eigenvalue weighted by atomic mass is 10.1. The Morgan fingerprint density at radius 2 is 2.00 bits per heavy atom. The van der Waals surface area contributed by atoms with Crippen LogP contribution in [-0.4, -0.2) is 23.8 Å². The van der Waals surface area contributed by atoms with Crippen LogP contribution in [0.3, 0.4) is 0 Å². The van der Waals surface area contributed by atoms with Gasteiger partial charge in [-0.2, -0.15) is 0 Å². The molecule has 3 unspecified atom stereocenters. The zero-order valence-corrected chi connectivity index (χ0v) is 15.4. The molecule has 2 N–H and O–H groups in total. The summed E-state index contributed by atoms with van der Waals surface area (Å²) in [5.41, 5.74) is 0.335. The lowest BCUT2D eigenvalue weighted by Gasteiger charge is -2.28. The lowest BCUT2D eigenvalue weighted by molar-refractivity contribution is 0.0497. The van der Waals surface area contributed by atoms with Crippen molar-refractivity contribution in [3.63, 3.8) is 0 Å². The number of amides is 1. The molecule has 6 heteroatoms. The maximum atomic E-state index is 13.2. The summed E-state index contributed by atoms with van der Waals surface area (Å²) in [6.07, 6.45) is 2.50. The molecule has 134 valence electrons. The summed E-state index contributed by atoms with van der Waals surface area (Å²) in [5.74, 6) is -0.346. The first-order valence-corrected chi connectivity index (χ1v) is 8.74. The van der Waals surface area contributed by atoms with Crippen LogP contribution in [0, 0.1) is 5.82 Å². The van der Waals surface area contributed by atoms with Crippen LogP contribution in [0.25, 0.3) is 0 Å². The molecule has 0 heterocycles. The van der Waals surface area contributed by atoms with Crippen LogP contribution < -0.4 is 10.6 Å². The fourth-order valence-corrected chi connectivity index (χ4v) is 3.39. The summed E-state index contributed by atoms with van der Waals surface area (Å²) in [6, 6.07) is 4.53. The van der Waals surface area contributed by atoms with Gasteiger partial charge in [-0.1, -0.05) is 17.7 Å². The molecule has 1 amide bonds. The molecule has 24 heavy (non-hydrogen) atoms. The minimum atomic E-state index is -0.513. The highest BCUT2D eigenvalue weighted by Crippen LogP contribution is 2.27. The fourth-order valence-electron chi connectivity index (χ4n) is 3.05. The van der Waals surface area contributed by atoms with Crippen molar-refractivity contribution in [1.82, 2.24) is 10.6 Å². The molecular formula is C18H26ClFN2O2. The molecule has 1 aromatic carbocycles. The van der Waals surface area contributed by atoms with Gasteiger partial charge in [0.25, 0.3) is 0 Å². The van der Waals surface area contributed by atoms with Crippen molar-refractivity contribution >= 4 is 17.7 Å². The molecule has 4 nitrogen and oxygen atoms in total. The molecule has 0 bridgehead atoms. The van der Waals surface area contributed by atoms with Crippen molar-refractivity contribution in [2.45, 2.75) is 70.7 Å². The van der Waals surface area contributed by atoms with Gasteiger partial charge in [0.15, 0.2) is 0 Å². The smallest absolute Gasteiger partial charge is 0.407 e. The van der Waals surface area contributed by atoms with E-state index in [2.05, 4.69) is 10.6 Å². The first kappa shape index (κ1) is 19.0. The number of ether oxygens (including phenoxy) is 1. The SMILES string of the molecule is CC(NC1CCCC1NC(=O)OC(C)(C)C)c1ccc(F)cc1Cl. The van der Waals surface area contributed by atoms with E-state index in [1.807, 2.05) is 27.7 Å². The summed E-state index contributed by atoms with van der Waals surface area (Å²) in [4.78, 5) is 12.0. The molecule has 0 spiro atoms. The Bertz CT molecular complexity index is 589. The number of rotatable bonds is 4. The molecule has 0 radical (unpaired) electrons. The van der Waals surface area contributed by atoms with Gasteiger partial charge < -0.3 is 15.4 Å². The average Bonchev–Trinajstić information content (AvgIpc) is 2.83. The van der Waals surface area contributed by atoms with Crippen LogP contribution in [0.1, 0.15) is 58.6 Å². The van der Waals surface area contributed by atoms with Crippen molar-refractivity contribution in [1.29, 1.82) is 0 Å². The molecular weight excluding hydrogens is 331 g/mol. The van der Waals surface area contributed by atoms with Crippen LogP contribution in [0.5, 0.6) is 0 Å². The quantitative estimate of drug-likeness (QED) is 0.830. The molecule has 1 fully saturated rings. The topological polar surface area (TPSA) is 50.4 Å². The van der Waals surface area contributed by atoms with Crippen molar-refractivity contribution in [2.75, 3.05) is 0 Å². The molecule has 0 aromatic heterocycles. The first-order chi connectivity index (χ1) is 11.2. The number of carbonyl (C=O) groups excluding carboxylic acids is 1. The minimum Gasteiger partial charge on any atom is -0.444 e. The number of hydrogen-bond donors (Lipinski definition) is 2. The Labute approximate surface area is 148 Å². The Morgan fingerprint density at radius 1 is 1.33 bits per heavy atom. The number of hydrogen-bond acceptors (Lipinski definition) is 3. The van der Waals surface area contributed by atoms with Crippen molar-refractivity contribution in [3.8, 4) is 0 Å². The molecule has 1 aliphatic rings. The summed E-state index contributed by atoms with van der Waals surface area (Å²) < 4.78 is 18.5. The van der Waals surface area contributed by atoms with Crippen molar-refractivity contribution < 1.29 is 13.9 Å². The maximum absolute atomic E-state index is 13.2. The first-order valence-electron chi connectivity index (χ1n) is 8.36. The van der Waals surface area contributed by atoms with Gasteiger partial charge in [-0.3, -0.25) is 0 Å². The Hall–Kier alpha value is -1.33. The fraction of sp³-hybridized carbons (Fsp3) is 0.611. The molecule has 1 aromatic rings. The van der Waals surface area contributed by atoms with Crippen molar-refractivity contribution in [3.05, 3.63) is 34.6 Å². The number of benzene rings is 1. The Morgan fingerprint density at radius 3 is 2.62 bits per heavy atom. The third-order valence-corrected chi connectivity index (χ3v) is 4.44. The molecule has 3 atom stereocenters. The summed E-state index contributed by atoms with van der Waals surface area (Å²) in [7, 11) is 0. The van der Waals surface area contributed by atoms with Gasteiger partial charge in [0.05, 0.1) is 0 Å². The second kappa shape index (κ2) is 7.70. The van der Waals surface area contributed by atoms with Gasteiger partial charge in [-0.15, -0.1) is 0 Å². The third kappa shape index (κ3) is 5.35. The zero-order valence-electron chi connectivity index (χ0n) is 14.7. The normalized spacial score (nSPS) is 22.2. The van der Waals surface area contributed by atoms with E-state index in [9.17, 15) is 9.18 Å². The van der Waals surface area contributed by atoms with Crippen LogP contribution in [0.2, 0.25) is 5.02 Å². The highest BCUT2D eigenvalue weighted by atomic mass is 35.5. The van der Waals surface area contributed by atoms with Gasteiger partial charge in [-0.05, 0) is 64.7 Å². The highest BCUT2D eigenvalue weighted by molar-refractivity contribution is 6.31. The predicted molar refractivity (Wildman–Crippen MR) is 93.8 cm³/mol. The number of carbonyl (C=O) groups is 1. The molecule has 0 aliphatic heterocycles. The van der Waals surface area contributed by atoms with Gasteiger partial charge in [0.2, 0.25) is 0 Å². The Balaban J connectivity index is 1.96. The van der Waals surface area contributed by atoms with Gasteiger partial charge in [0, 0.05) is 23.1 Å². The van der Waals surface area contributed by atoms with E-state index in [0.29, 0.717) is 5.02 Å². The van der Waals surface area contributed by atoms with E-state index in [-0.39, 0.29) is 23.9 Å². The summed E-state index contributed by atoms with van der Waals surface area (Å²) in [5, 5.41) is 6.85. The predicted octanol–water partition coefficient (Wildman–Crippen LogP) is 4.58. The summed E-state index contributed by atoms with van der Waals surface area (Å²) in [6.45, 7) is 7.52. The van der Waals surface area contributed by atoms with Gasteiger partial charge in [-0.25, -0.2) is 9.18 Å². The molecule has 1 saturated carbocycles. The van der Waals surface area contributed by atoms with E-state index in [4.69, 9.17) is 16.3 Å². The zero-order chi connectivity index (χ0) is 17.9. The number of halogens is 2. The van der Waals surface area contributed by atoms with E-state index in [1.165, 1.54) is 12.1 Å². The van der Waals surface area contributed by atoms with E-state index in [1.54, 1.807) is 6.07 Å². The second-order valence-corrected chi connectivity index (χ2v) is 7.75. The van der Waals surface area contributed by atoms with Gasteiger partial charge in [0.1, 0.15) is 11.4 Å². The maximum Gasteiger partial charge on any atom is 0.407 e. The second-order valence-electron chi connectivity index (χ2n) is 7.34. The standard InChI is InChI=1S/C18H26ClFN2O2/c1-11(13-9-8-12(20)10-14(13)19)21-15-6-5-7-16(15)22-17(23)24-18(2,3)4/h8-11,15-16,21H,5-7H2,1-4H3,(H,22,23). The monoisotopic (exact) mass is 356 g/mol. The van der Waals surface area contributed by atoms with E-state index in [0.717, 1.165) is 24.8 Å². The molecule has 0 saturated heterocycles. The molecule has 2 rings (SSSR count). The van der Waals surface area contributed by atoms with Crippen LogP contribution in [-0.2, 0) is 4.74 Å². The van der Waals surface area contributed by atoms with Crippen molar-refractivity contribution in [2.24, 2.45) is 0 Å². The highest BCUT2D eigenvalue weighted by Gasteiger charge is 2.31. The average molecular weight is 357 g/mol. The lowest BCUT2D eigenvalue weighted by Crippen LogP contribution is -2.48. The largest absolute Gasteiger partial charge is 0.444 e.